The molecule has 2 saturated carbocycles. The molecular weight excluding hydrogens is 272 g/mol. The molecule has 0 amide bonds. The zero-order chi connectivity index (χ0) is 15.4. The number of rotatable bonds is 3. The van der Waals surface area contributed by atoms with Crippen LogP contribution in [-0.4, -0.2) is 24.0 Å². The first-order chi connectivity index (χ1) is 10.8. The molecule has 2 aliphatic rings. The molecule has 3 atom stereocenters. The lowest BCUT2D eigenvalue weighted by atomic mass is 9.79. The lowest BCUT2D eigenvalue weighted by Crippen LogP contribution is -2.45. The summed E-state index contributed by atoms with van der Waals surface area (Å²) in [5, 5.41) is 7.03. The van der Waals surface area contributed by atoms with E-state index in [1.54, 1.807) is 0 Å². The molecule has 0 aromatic carbocycles. The molecule has 1 heterocycles. The summed E-state index contributed by atoms with van der Waals surface area (Å²) >= 11 is 0. The number of aryl methyl sites for hydroxylation is 1. The third-order valence-corrected chi connectivity index (χ3v) is 5.40. The molecule has 0 aliphatic heterocycles. The van der Waals surface area contributed by atoms with E-state index >= 15 is 0 Å². The molecule has 22 heavy (non-hydrogen) atoms. The summed E-state index contributed by atoms with van der Waals surface area (Å²) in [7, 11) is 1.85. The van der Waals surface area contributed by atoms with Gasteiger partial charge in [0.2, 0.25) is 0 Å². The Morgan fingerprint density at radius 2 is 2.14 bits per heavy atom. The van der Waals surface area contributed by atoms with Crippen LogP contribution in [-0.2, 0) is 6.54 Å². The number of nitrogens with zero attached hydrogens (tertiary/aromatic N) is 2. The minimum atomic E-state index is 0.579. The maximum absolute atomic E-state index is 4.43. The SMILES string of the molecule is CN=C(NCc1ncccc1C)NC1CCC2CCCC2C1. The number of aliphatic imine (C=N–C) groups is 1. The van der Waals surface area contributed by atoms with E-state index in [-0.39, 0.29) is 0 Å². The van der Waals surface area contributed by atoms with Crippen LogP contribution in [0.5, 0.6) is 0 Å². The zero-order valence-corrected chi connectivity index (χ0v) is 13.8. The third-order valence-electron chi connectivity index (χ3n) is 5.40. The second-order valence-electron chi connectivity index (χ2n) is 6.80. The molecule has 120 valence electrons. The normalized spacial score (nSPS) is 28.3. The maximum Gasteiger partial charge on any atom is 0.191 e. The summed E-state index contributed by atoms with van der Waals surface area (Å²) in [5.74, 6) is 2.86. The van der Waals surface area contributed by atoms with Gasteiger partial charge in [0.15, 0.2) is 5.96 Å². The zero-order valence-electron chi connectivity index (χ0n) is 13.8. The first-order valence-electron chi connectivity index (χ1n) is 8.64. The molecule has 3 rings (SSSR count). The highest BCUT2D eigenvalue weighted by molar-refractivity contribution is 5.79. The van der Waals surface area contributed by atoms with E-state index in [0.717, 1.165) is 30.0 Å². The van der Waals surface area contributed by atoms with E-state index in [2.05, 4.69) is 33.6 Å². The number of hydrogen-bond acceptors (Lipinski definition) is 2. The van der Waals surface area contributed by atoms with Crippen molar-refractivity contribution in [3.63, 3.8) is 0 Å². The number of nitrogens with one attached hydrogen (secondary N) is 2. The molecule has 2 N–H and O–H groups in total. The molecule has 0 saturated heterocycles. The van der Waals surface area contributed by atoms with Crippen LogP contribution < -0.4 is 10.6 Å². The summed E-state index contributed by atoms with van der Waals surface area (Å²) in [4.78, 5) is 8.81. The fourth-order valence-electron chi connectivity index (χ4n) is 4.09. The molecular formula is C18H28N4. The Kier molecular flexibility index (Phi) is 4.96. The second-order valence-corrected chi connectivity index (χ2v) is 6.80. The Hall–Kier alpha value is -1.58. The van der Waals surface area contributed by atoms with E-state index in [4.69, 9.17) is 0 Å². The van der Waals surface area contributed by atoms with E-state index in [1.807, 2.05) is 19.3 Å². The van der Waals surface area contributed by atoms with Crippen molar-refractivity contribution in [3.8, 4) is 0 Å². The fraction of sp³-hybridized carbons (Fsp3) is 0.667. The molecule has 2 aliphatic carbocycles. The van der Waals surface area contributed by atoms with E-state index in [0.29, 0.717) is 6.04 Å². The average molecular weight is 300 g/mol. The van der Waals surface area contributed by atoms with E-state index in [9.17, 15) is 0 Å². The number of fused-ring (bicyclic) bond motifs is 1. The standard InChI is InChI=1S/C18H28N4/c1-13-5-4-10-20-17(13)12-21-18(19-2)22-16-9-8-14-6-3-7-15(14)11-16/h4-5,10,14-16H,3,6-9,11-12H2,1-2H3,(H2,19,21,22). The summed E-state index contributed by atoms with van der Waals surface area (Å²) in [6.45, 7) is 2.83. The summed E-state index contributed by atoms with van der Waals surface area (Å²) in [6.07, 6.45) is 10.2. The van der Waals surface area contributed by atoms with E-state index in [1.165, 1.54) is 44.1 Å². The first-order valence-corrected chi connectivity index (χ1v) is 8.64. The Bertz CT molecular complexity index is 526. The number of pyridine rings is 1. The Morgan fingerprint density at radius 1 is 1.27 bits per heavy atom. The topological polar surface area (TPSA) is 49.3 Å². The summed E-state index contributed by atoms with van der Waals surface area (Å²) < 4.78 is 0. The van der Waals surface area contributed by atoms with Crippen molar-refractivity contribution in [2.24, 2.45) is 16.8 Å². The Morgan fingerprint density at radius 3 is 2.95 bits per heavy atom. The number of guanidine groups is 1. The molecule has 3 unspecified atom stereocenters. The van der Waals surface area contributed by atoms with Crippen LogP contribution >= 0.6 is 0 Å². The van der Waals surface area contributed by atoms with Crippen LogP contribution in [0.1, 0.15) is 49.8 Å². The van der Waals surface area contributed by atoms with Gasteiger partial charge in [0.1, 0.15) is 0 Å². The number of aromatic nitrogens is 1. The molecule has 4 heteroatoms. The van der Waals surface area contributed by atoms with Crippen LogP contribution in [0.3, 0.4) is 0 Å². The van der Waals surface area contributed by atoms with Crippen LogP contribution in [0.2, 0.25) is 0 Å². The molecule has 4 nitrogen and oxygen atoms in total. The van der Waals surface area contributed by atoms with Gasteiger partial charge in [0, 0.05) is 19.3 Å². The molecule has 0 spiro atoms. The van der Waals surface area contributed by atoms with Crippen LogP contribution in [0.15, 0.2) is 23.3 Å². The lowest BCUT2D eigenvalue weighted by Gasteiger charge is -2.33. The maximum atomic E-state index is 4.43. The van der Waals surface area contributed by atoms with Gasteiger partial charge in [-0.25, -0.2) is 0 Å². The van der Waals surface area contributed by atoms with Crippen molar-refractivity contribution in [2.45, 2.75) is 58.0 Å². The van der Waals surface area contributed by atoms with Crippen molar-refractivity contribution >= 4 is 5.96 Å². The van der Waals surface area contributed by atoms with Crippen molar-refractivity contribution in [2.75, 3.05) is 7.05 Å². The van der Waals surface area contributed by atoms with Crippen LogP contribution in [0, 0.1) is 18.8 Å². The molecule has 0 bridgehead atoms. The van der Waals surface area contributed by atoms with Gasteiger partial charge in [-0.3, -0.25) is 9.98 Å². The summed E-state index contributed by atoms with van der Waals surface area (Å²) in [5.41, 5.74) is 2.31. The van der Waals surface area contributed by atoms with Crippen molar-refractivity contribution < 1.29 is 0 Å². The Balaban J connectivity index is 1.51. The minimum Gasteiger partial charge on any atom is -0.354 e. The third kappa shape index (κ3) is 3.60. The monoisotopic (exact) mass is 300 g/mol. The van der Waals surface area contributed by atoms with Gasteiger partial charge in [-0.2, -0.15) is 0 Å². The van der Waals surface area contributed by atoms with Gasteiger partial charge in [-0.15, -0.1) is 0 Å². The predicted molar refractivity (Wildman–Crippen MR) is 90.8 cm³/mol. The molecule has 1 aromatic heterocycles. The molecule has 0 radical (unpaired) electrons. The Labute approximate surface area is 133 Å². The highest BCUT2D eigenvalue weighted by atomic mass is 15.2. The van der Waals surface area contributed by atoms with Crippen LogP contribution in [0.25, 0.3) is 0 Å². The van der Waals surface area contributed by atoms with Gasteiger partial charge >= 0.3 is 0 Å². The minimum absolute atomic E-state index is 0.579. The first kappa shape index (κ1) is 15.3. The second kappa shape index (κ2) is 7.12. The largest absolute Gasteiger partial charge is 0.354 e. The molecule has 1 aromatic rings. The van der Waals surface area contributed by atoms with Crippen molar-refractivity contribution in [1.29, 1.82) is 0 Å². The highest BCUT2D eigenvalue weighted by Gasteiger charge is 2.33. The van der Waals surface area contributed by atoms with Gasteiger partial charge in [-0.1, -0.05) is 25.3 Å². The van der Waals surface area contributed by atoms with Gasteiger partial charge in [0.05, 0.1) is 12.2 Å². The summed E-state index contributed by atoms with van der Waals surface area (Å²) in [6, 6.07) is 4.66. The van der Waals surface area contributed by atoms with Crippen molar-refractivity contribution in [1.82, 2.24) is 15.6 Å². The van der Waals surface area contributed by atoms with Crippen LogP contribution in [0.4, 0.5) is 0 Å². The van der Waals surface area contributed by atoms with Gasteiger partial charge < -0.3 is 10.6 Å². The van der Waals surface area contributed by atoms with Gasteiger partial charge in [-0.05, 0) is 49.7 Å². The fourth-order valence-corrected chi connectivity index (χ4v) is 4.09. The molecule has 2 fully saturated rings. The number of hydrogen-bond donors (Lipinski definition) is 2. The van der Waals surface area contributed by atoms with Gasteiger partial charge in [0.25, 0.3) is 0 Å². The van der Waals surface area contributed by atoms with Crippen molar-refractivity contribution in [3.05, 3.63) is 29.6 Å². The smallest absolute Gasteiger partial charge is 0.191 e. The average Bonchev–Trinajstić information content (AvgIpc) is 3.00. The van der Waals surface area contributed by atoms with E-state index < -0.39 is 0 Å². The lowest BCUT2D eigenvalue weighted by molar-refractivity contribution is 0.239. The predicted octanol–water partition coefficient (Wildman–Crippen LogP) is 3.02. The quantitative estimate of drug-likeness (QED) is 0.666. The highest BCUT2D eigenvalue weighted by Crippen LogP contribution is 2.41.